The van der Waals surface area contributed by atoms with Gasteiger partial charge in [-0.3, -0.25) is 0 Å². The second kappa shape index (κ2) is 9.01. The Morgan fingerprint density at radius 2 is 1.44 bits per heavy atom. The molecule has 0 bridgehead atoms. The number of halogens is 3. The first-order valence-corrected chi connectivity index (χ1v) is 12.0. The minimum absolute atomic E-state index is 0.135. The van der Waals surface area contributed by atoms with Crippen molar-refractivity contribution in [2.45, 2.75) is 27.5 Å². The molecule has 1 aliphatic heterocycles. The molecule has 0 unspecified atom stereocenters. The topological polar surface area (TPSA) is 55.4 Å². The van der Waals surface area contributed by atoms with E-state index in [9.17, 15) is 21.6 Å². The van der Waals surface area contributed by atoms with Crippen LogP contribution in [0.2, 0.25) is 0 Å². The van der Waals surface area contributed by atoms with Crippen LogP contribution in [-0.4, -0.2) is 21.3 Å². The molecule has 0 amide bonds. The molecule has 32 heavy (non-hydrogen) atoms. The lowest BCUT2D eigenvalue weighted by Crippen LogP contribution is -2.24. The minimum Gasteiger partial charge on any atom is -0.406 e. The highest BCUT2D eigenvalue weighted by Crippen LogP contribution is 2.45. The minimum atomic E-state index is -4.83. The number of rotatable bonds is 6. The average Bonchev–Trinajstić information content (AvgIpc) is 2.75. The molecular formula is C23H18F3NO3S2. The molecular weight excluding hydrogens is 459 g/mol. The van der Waals surface area contributed by atoms with E-state index in [0.29, 0.717) is 6.42 Å². The molecule has 166 valence electrons. The summed E-state index contributed by atoms with van der Waals surface area (Å²) in [6.07, 6.45) is -2.39. The normalized spacial score (nSPS) is 13.3. The van der Waals surface area contributed by atoms with Gasteiger partial charge >= 0.3 is 6.36 Å². The molecule has 9 heteroatoms. The van der Waals surface area contributed by atoms with Crippen LogP contribution in [0.4, 0.5) is 13.2 Å². The molecule has 4 rings (SSSR count). The van der Waals surface area contributed by atoms with Crippen LogP contribution in [0.15, 0.2) is 93.6 Å². The molecule has 0 atom stereocenters. The molecule has 0 saturated heterocycles. The summed E-state index contributed by atoms with van der Waals surface area (Å²) in [5.41, 5.74) is 3.24. The summed E-state index contributed by atoms with van der Waals surface area (Å²) < 4.78 is 68.0. The van der Waals surface area contributed by atoms with E-state index in [0.717, 1.165) is 50.8 Å². The third-order valence-electron chi connectivity index (χ3n) is 4.73. The zero-order chi connectivity index (χ0) is 22.8. The van der Waals surface area contributed by atoms with E-state index in [1.807, 2.05) is 42.5 Å². The monoisotopic (exact) mass is 477 g/mol. The van der Waals surface area contributed by atoms with Gasteiger partial charge in [-0.05, 0) is 59.5 Å². The second-order valence-corrected chi connectivity index (χ2v) is 9.77. The number of fused-ring (bicyclic) bond motifs is 2. The van der Waals surface area contributed by atoms with E-state index in [2.05, 4.69) is 21.6 Å². The second-order valence-electron chi connectivity index (χ2n) is 6.92. The summed E-state index contributed by atoms with van der Waals surface area (Å²) in [5.74, 6) is -0.478. The summed E-state index contributed by atoms with van der Waals surface area (Å²) in [5, 5.41) is 0. The van der Waals surface area contributed by atoms with Crippen molar-refractivity contribution < 1.29 is 26.3 Å². The fraction of sp³-hybridized carbons (Fsp3) is 0.130. The van der Waals surface area contributed by atoms with E-state index >= 15 is 0 Å². The molecule has 0 radical (unpaired) electrons. The van der Waals surface area contributed by atoms with Gasteiger partial charge in [-0.25, -0.2) is 13.1 Å². The third-order valence-corrected chi connectivity index (χ3v) is 7.36. The van der Waals surface area contributed by atoms with Crippen molar-refractivity contribution in [2.24, 2.45) is 0 Å². The van der Waals surface area contributed by atoms with Crippen LogP contribution in [0.3, 0.4) is 0 Å². The van der Waals surface area contributed by atoms with Crippen LogP contribution >= 0.6 is 11.8 Å². The van der Waals surface area contributed by atoms with Crippen molar-refractivity contribution in [1.82, 2.24) is 4.72 Å². The fourth-order valence-electron chi connectivity index (χ4n) is 3.35. The van der Waals surface area contributed by atoms with E-state index in [4.69, 9.17) is 0 Å². The predicted molar refractivity (Wildman–Crippen MR) is 117 cm³/mol. The molecule has 1 aliphatic rings. The third kappa shape index (κ3) is 5.17. The molecule has 3 aromatic rings. The zero-order valence-corrected chi connectivity index (χ0v) is 18.2. The van der Waals surface area contributed by atoms with E-state index in [1.165, 1.54) is 0 Å². The summed E-state index contributed by atoms with van der Waals surface area (Å²) in [6.45, 7) is 0.143. The van der Waals surface area contributed by atoms with Gasteiger partial charge in [-0.1, -0.05) is 54.2 Å². The van der Waals surface area contributed by atoms with Crippen LogP contribution in [0.1, 0.15) is 17.5 Å². The van der Waals surface area contributed by atoms with E-state index in [1.54, 1.807) is 11.8 Å². The first kappa shape index (κ1) is 22.4. The van der Waals surface area contributed by atoms with E-state index < -0.39 is 22.1 Å². The van der Waals surface area contributed by atoms with Crippen molar-refractivity contribution >= 4 is 27.4 Å². The number of nitrogens with one attached hydrogen (secondary N) is 1. The Morgan fingerprint density at radius 3 is 2.00 bits per heavy atom. The van der Waals surface area contributed by atoms with E-state index in [-0.39, 0.29) is 11.4 Å². The van der Waals surface area contributed by atoms with Gasteiger partial charge < -0.3 is 4.74 Å². The Kier molecular flexibility index (Phi) is 6.32. The maximum absolute atomic E-state index is 12.5. The number of hydrogen-bond donors (Lipinski definition) is 1. The first-order valence-electron chi connectivity index (χ1n) is 9.65. The number of sulfonamides is 1. The van der Waals surface area contributed by atoms with Gasteiger partial charge in [0.1, 0.15) is 5.75 Å². The Bertz CT molecular complexity index is 1210. The van der Waals surface area contributed by atoms with Crippen molar-refractivity contribution in [3.05, 3.63) is 90.0 Å². The Morgan fingerprint density at radius 1 is 0.875 bits per heavy atom. The average molecular weight is 478 g/mol. The molecule has 1 N–H and O–H groups in total. The SMILES string of the molecule is O=S(=O)(NCCC=C1c2ccccc2Sc2ccccc21)c1ccc(OC(F)(F)F)cc1. The summed E-state index contributed by atoms with van der Waals surface area (Å²) in [4.78, 5) is 2.14. The van der Waals surface area contributed by atoms with Gasteiger partial charge in [0.2, 0.25) is 10.0 Å². The lowest BCUT2D eigenvalue weighted by atomic mass is 9.96. The predicted octanol–water partition coefficient (Wildman–Crippen LogP) is 5.85. The Hall–Kier alpha value is -2.75. The molecule has 4 nitrogen and oxygen atoms in total. The van der Waals surface area contributed by atoms with Gasteiger partial charge in [0, 0.05) is 16.3 Å². The van der Waals surface area contributed by atoms with Crippen molar-refractivity contribution in [3.63, 3.8) is 0 Å². The highest BCUT2D eigenvalue weighted by molar-refractivity contribution is 7.99. The lowest BCUT2D eigenvalue weighted by molar-refractivity contribution is -0.274. The van der Waals surface area contributed by atoms with Crippen molar-refractivity contribution in [3.8, 4) is 5.75 Å². The standard InChI is InChI=1S/C23H18F3NO3S2/c24-23(25,26)30-16-11-13-17(14-12-16)32(28,29)27-15-5-8-18-19-6-1-3-9-21(19)31-22-10-4-2-7-20(18)22/h1-4,6-14,27H,5,15H2. The largest absolute Gasteiger partial charge is 0.573 e. The summed E-state index contributed by atoms with van der Waals surface area (Å²) in [6, 6.07) is 20.2. The van der Waals surface area contributed by atoms with Gasteiger partial charge in [0.05, 0.1) is 4.90 Å². The molecule has 0 spiro atoms. The van der Waals surface area contributed by atoms with Crippen LogP contribution in [0.5, 0.6) is 5.75 Å². The van der Waals surface area contributed by atoms with Gasteiger partial charge in [-0.15, -0.1) is 13.2 Å². The number of benzene rings is 3. The van der Waals surface area contributed by atoms with Crippen LogP contribution < -0.4 is 9.46 Å². The quantitative estimate of drug-likeness (QED) is 0.354. The lowest BCUT2D eigenvalue weighted by Gasteiger charge is -2.22. The Balaban J connectivity index is 1.46. The fourth-order valence-corrected chi connectivity index (χ4v) is 5.51. The molecule has 0 aliphatic carbocycles. The van der Waals surface area contributed by atoms with Crippen LogP contribution in [0, 0.1) is 0 Å². The Labute approximate surface area is 188 Å². The summed E-state index contributed by atoms with van der Waals surface area (Å²) in [7, 11) is -3.86. The highest BCUT2D eigenvalue weighted by Gasteiger charge is 2.31. The number of hydrogen-bond acceptors (Lipinski definition) is 4. The highest BCUT2D eigenvalue weighted by atomic mass is 32.2. The molecule has 0 saturated carbocycles. The zero-order valence-electron chi connectivity index (χ0n) is 16.6. The van der Waals surface area contributed by atoms with Crippen molar-refractivity contribution in [2.75, 3.05) is 6.54 Å². The number of ether oxygens (including phenoxy) is 1. The maximum Gasteiger partial charge on any atom is 0.573 e. The van der Waals surface area contributed by atoms with Gasteiger partial charge in [0.25, 0.3) is 0 Å². The van der Waals surface area contributed by atoms with Crippen LogP contribution in [-0.2, 0) is 10.0 Å². The smallest absolute Gasteiger partial charge is 0.406 e. The number of alkyl halides is 3. The maximum atomic E-state index is 12.5. The van der Waals surface area contributed by atoms with Crippen LogP contribution in [0.25, 0.3) is 5.57 Å². The van der Waals surface area contributed by atoms with Crippen molar-refractivity contribution in [1.29, 1.82) is 0 Å². The molecule has 3 aromatic carbocycles. The molecule has 0 fully saturated rings. The molecule has 0 aromatic heterocycles. The van der Waals surface area contributed by atoms with Gasteiger partial charge in [-0.2, -0.15) is 0 Å². The molecule has 1 heterocycles. The summed E-state index contributed by atoms with van der Waals surface area (Å²) >= 11 is 1.70. The van der Waals surface area contributed by atoms with Gasteiger partial charge in [0.15, 0.2) is 0 Å². The first-order chi connectivity index (χ1) is 15.2.